The van der Waals surface area contributed by atoms with E-state index in [4.69, 9.17) is 0 Å². The molecular weight excluding hydrogens is 242 g/mol. The van der Waals surface area contributed by atoms with Crippen LogP contribution in [0.5, 0.6) is 0 Å². The number of hydrogen-bond acceptors (Lipinski definition) is 4. The summed E-state index contributed by atoms with van der Waals surface area (Å²) >= 11 is 0. The number of aromatic nitrogens is 3. The molecule has 2 N–H and O–H groups in total. The van der Waals surface area contributed by atoms with Gasteiger partial charge in [0.2, 0.25) is 0 Å². The highest BCUT2D eigenvalue weighted by molar-refractivity contribution is 5.99. The van der Waals surface area contributed by atoms with Gasteiger partial charge >= 0.3 is 0 Å². The molecule has 1 amide bonds. The molecular formula is C13H17N5O. The summed E-state index contributed by atoms with van der Waals surface area (Å²) < 4.78 is 1.80. The van der Waals surface area contributed by atoms with Crippen LogP contribution in [0, 0.1) is 0 Å². The van der Waals surface area contributed by atoms with Gasteiger partial charge in [-0.3, -0.25) is 14.5 Å². The molecule has 0 aliphatic rings. The summed E-state index contributed by atoms with van der Waals surface area (Å²) in [7, 11) is 3.67. The maximum absolute atomic E-state index is 12.0. The monoisotopic (exact) mass is 259 g/mol. The van der Waals surface area contributed by atoms with Crippen molar-refractivity contribution >= 4 is 11.6 Å². The Labute approximate surface area is 111 Å². The van der Waals surface area contributed by atoms with Crippen LogP contribution < -0.4 is 10.6 Å². The first-order chi connectivity index (χ1) is 9.22. The van der Waals surface area contributed by atoms with Crippen molar-refractivity contribution in [2.24, 2.45) is 7.05 Å². The van der Waals surface area contributed by atoms with Crippen LogP contribution in [-0.4, -0.2) is 34.3 Å². The van der Waals surface area contributed by atoms with Crippen LogP contribution in [0.3, 0.4) is 0 Å². The minimum absolute atomic E-state index is 0.125. The van der Waals surface area contributed by atoms with Gasteiger partial charge in [-0.1, -0.05) is 0 Å². The van der Waals surface area contributed by atoms with E-state index in [2.05, 4.69) is 20.7 Å². The van der Waals surface area contributed by atoms with E-state index < -0.39 is 0 Å². The van der Waals surface area contributed by atoms with Gasteiger partial charge in [-0.25, -0.2) is 0 Å². The SMILES string of the molecule is CNc1ccncc1C(=O)NCCc1ccnn1C. The zero-order valence-corrected chi connectivity index (χ0v) is 11.1. The lowest BCUT2D eigenvalue weighted by atomic mass is 10.2. The summed E-state index contributed by atoms with van der Waals surface area (Å²) in [5.74, 6) is -0.125. The average molecular weight is 259 g/mol. The van der Waals surface area contributed by atoms with Crippen molar-refractivity contribution in [3.05, 3.63) is 42.0 Å². The third-order valence-electron chi connectivity index (χ3n) is 2.92. The number of pyridine rings is 1. The number of anilines is 1. The number of nitrogens with one attached hydrogen (secondary N) is 2. The first-order valence-electron chi connectivity index (χ1n) is 6.09. The topological polar surface area (TPSA) is 71.8 Å². The normalized spacial score (nSPS) is 10.2. The Hall–Kier alpha value is -2.37. The van der Waals surface area contributed by atoms with Crippen LogP contribution in [0.15, 0.2) is 30.7 Å². The van der Waals surface area contributed by atoms with Crippen LogP contribution >= 0.6 is 0 Å². The highest BCUT2D eigenvalue weighted by atomic mass is 16.1. The predicted octanol–water partition coefficient (Wildman–Crippen LogP) is 0.829. The van der Waals surface area contributed by atoms with Crippen molar-refractivity contribution in [2.75, 3.05) is 18.9 Å². The quantitative estimate of drug-likeness (QED) is 0.834. The van der Waals surface area contributed by atoms with E-state index in [0.29, 0.717) is 12.1 Å². The van der Waals surface area contributed by atoms with E-state index in [1.165, 1.54) is 0 Å². The highest BCUT2D eigenvalue weighted by Gasteiger charge is 2.10. The second-order valence-electron chi connectivity index (χ2n) is 4.12. The number of rotatable bonds is 5. The molecule has 2 rings (SSSR count). The molecule has 19 heavy (non-hydrogen) atoms. The van der Waals surface area contributed by atoms with Gasteiger partial charge in [-0.15, -0.1) is 0 Å². The van der Waals surface area contributed by atoms with E-state index in [9.17, 15) is 4.79 Å². The third-order valence-corrected chi connectivity index (χ3v) is 2.92. The number of carbonyl (C=O) groups excluding carboxylic acids is 1. The van der Waals surface area contributed by atoms with E-state index in [0.717, 1.165) is 17.8 Å². The molecule has 100 valence electrons. The van der Waals surface area contributed by atoms with Gasteiger partial charge in [-0.2, -0.15) is 5.10 Å². The lowest BCUT2D eigenvalue weighted by Gasteiger charge is -2.09. The maximum Gasteiger partial charge on any atom is 0.254 e. The van der Waals surface area contributed by atoms with E-state index in [1.807, 2.05) is 13.1 Å². The van der Waals surface area contributed by atoms with E-state index in [-0.39, 0.29) is 5.91 Å². The molecule has 2 heterocycles. The zero-order chi connectivity index (χ0) is 13.7. The smallest absolute Gasteiger partial charge is 0.254 e. The van der Waals surface area contributed by atoms with Gasteiger partial charge in [0, 0.05) is 57.0 Å². The number of amides is 1. The van der Waals surface area contributed by atoms with Crippen LogP contribution in [0.1, 0.15) is 16.1 Å². The molecule has 0 aliphatic carbocycles. The fourth-order valence-corrected chi connectivity index (χ4v) is 1.84. The van der Waals surface area contributed by atoms with Crippen molar-refractivity contribution < 1.29 is 4.79 Å². The summed E-state index contributed by atoms with van der Waals surface area (Å²) in [6, 6.07) is 3.71. The molecule has 0 aliphatic heterocycles. The second kappa shape index (κ2) is 5.99. The van der Waals surface area contributed by atoms with Crippen molar-refractivity contribution in [1.29, 1.82) is 0 Å². The Kier molecular flexibility index (Phi) is 4.12. The van der Waals surface area contributed by atoms with Gasteiger partial charge < -0.3 is 10.6 Å². The minimum Gasteiger partial charge on any atom is -0.387 e. The Balaban J connectivity index is 1.93. The lowest BCUT2D eigenvalue weighted by Crippen LogP contribution is -2.27. The van der Waals surface area contributed by atoms with Crippen LogP contribution in [0.25, 0.3) is 0 Å². The molecule has 0 spiro atoms. The van der Waals surface area contributed by atoms with Crippen molar-refractivity contribution in [3.8, 4) is 0 Å². The Morgan fingerprint density at radius 1 is 1.37 bits per heavy atom. The van der Waals surface area contributed by atoms with Gasteiger partial charge in [0.15, 0.2) is 0 Å². The Morgan fingerprint density at radius 2 is 2.21 bits per heavy atom. The van der Waals surface area contributed by atoms with E-state index in [1.54, 1.807) is 36.4 Å². The van der Waals surface area contributed by atoms with Crippen molar-refractivity contribution in [2.45, 2.75) is 6.42 Å². The highest BCUT2D eigenvalue weighted by Crippen LogP contribution is 2.11. The zero-order valence-electron chi connectivity index (χ0n) is 11.1. The summed E-state index contributed by atoms with van der Waals surface area (Å²) in [4.78, 5) is 16.0. The second-order valence-corrected chi connectivity index (χ2v) is 4.12. The summed E-state index contributed by atoms with van der Waals surface area (Å²) in [5.41, 5.74) is 2.41. The summed E-state index contributed by atoms with van der Waals surface area (Å²) in [6.45, 7) is 0.566. The molecule has 0 fully saturated rings. The number of nitrogens with zero attached hydrogens (tertiary/aromatic N) is 3. The van der Waals surface area contributed by atoms with Gasteiger partial charge in [0.25, 0.3) is 5.91 Å². The molecule has 0 atom stereocenters. The molecule has 0 aromatic carbocycles. The number of aryl methyl sites for hydroxylation is 1. The van der Waals surface area contributed by atoms with E-state index >= 15 is 0 Å². The van der Waals surface area contributed by atoms with Crippen molar-refractivity contribution in [1.82, 2.24) is 20.1 Å². The average Bonchev–Trinajstić information content (AvgIpc) is 2.84. The first-order valence-corrected chi connectivity index (χ1v) is 6.09. The summed E-state index contributed by atoms with van der Waals surface area (Å²) in [6.07, 6.45) is 5.71. The van der Waals surface area contributed by atoms with Gasteiger partial charge in [0.05, 0.1) is 5.56 Å². The third kappa shape index (κ3) is 3.09. The molecule has 2 aromatic rings. The number of hydrogen-bond donors (Lipinski definition) is 2. The largest absolute Gasteiger partial charge is 0.387 e. The molecule has 2 aromatic heterocycles. The minimum atomic E-state index is -0.125. The van der Waals surface area contributed by atoms with Crippen molar-refractivity contribution in [3.63, 3.8) is 0 Å². The molecule has 6 heteroatoms. The molecule has 0 radical (unpaired) electrons. The lowest BCUT2D eigenvalue weighted by molar-refractivity contribution is 0.0954. The molecule has 6 nitrogen and oxygen atoms in total. The van der Waals surface area contributed by atoms with Gasteiger partial charge in [0.1, 0.15) is 0 Å². The van der Waals surface area contributed by atoms with Crippen LogP contribution in [0.2, 0.25) is 0 Å². The maximum atomic E-state index is 12.0. The fourth-order valence-electron chi connectivity index (χ4n) is 1.84. The summed E-state index contributed by atoms with van der Waals surface area (Å²) in [5, 5.41) is 9.94. The fraction of sp³-hybridized carbons (Fsp3) is 0.308. The predicted molar refractivity (Wildman–Crippen MR) is 73.0 cm³/mol. The van der Waals surface area contributed by atoms with Crippen LogP contribution in [-0.2, 0) is 13.5 Å². The van der Waals surface area contributed by atoms with Gasteiger partial charge in [-0.05, 0) is 12.1 Å². The standard InChI is InChI=1S/C13H17N5O/c1-14-12-5-6-15-9-11(12)13(19)16-7-3-10-4-8-17-18(10)2/h4-6,8-9H,3,7H2,1-2H3,(H,14,15)(H,16,19). The molecule has 0 unspecified atom stereocenters. The molecule has 0 bridgehead atoms. The number of carbonyl (C=O) groups is 1. The Morgan fingerprint density at radius 3 is 2.89 bits per heavy atom. The van der Waals surface area contributed by atoms with Crippen LogP contribution in [0.4, 0.5) is 5.69 Å². The molecule has 0 saturated heterocycles. The first kappa shape index (κ1) is 13.1. The molecule has 0 saturated carbocycles. The Bertz CT molecular complexity index is 564.